The van der Waals surface area contributed by atoms with Gasteiger partial charge in [-0.2, -0.15) is 4.31 Å². The van der Waals surface area contributed by atoms with E-state index >= 15 is 0 Å². The van der Waals surface area contributed by atoms with Crippen molar-refractivity contribution in [3.05, 3.63) is 29.8 Å². The maximum atomic E-state index is 12.5. The Morgan fingerprint density at radius 2 is 1.83 bits per heavy atom. The highest BCUT2D eigenvalue weighted by Gasteiger charge is 2.30. The number of sulfonamides is 1. The number of carbonyl (C=O) groups excluding carboxylic acids is 1. The molecule has 0 heterocycles. The molecule has 0 spiro atoms. The fourth-order valence-electron chi connectivity index (χ4n) is 1.94. The van der Waals surface area contributed by atoms with Crippen molar-refractivity contribution >= 4 is 21.9 Å². The van der Waals surface area contributed by atoms with Gasteiger partial charge >= 0.3 is 5.97 Å². The third-order valence-electron chi connectivity index (χ3n) is 3.49. The Kier molecular flexibility index (Phi) is 6.47. The lowest BCUT2D eigenvalue weighted by molar-refractivity contribution is -0.155. The van der Waals surface area contributed by atoms with Crippen LogP contribution >= 0.6 is 0 Å². The second-order valence-corrected chi connectivity index (χ2v) is 7.32. The summed E-state index contributed by atoms with van der Waals surface area (Å²) >= 11 is 0. The molecule has 1 amide bonds. The van der Waals surface area contributed by atoms with Crippen LogP contribution in [0.3, 0.4) is 0 Å². The van der Waals surface area contributed by atoms with E-state index in [-0.39, 0.29) is 10.5 Å². The molecule has 1 atom stereocenters. The molecule has 0 radical (unpaired) electrons. The summed E-state index contributed by atoms with van der Waals surface area (Å²) in [6.07, 6.45) is 0. The van der Waals surface area contributed by atoms with Crippen molar-refractivity contribution < 1.29 is 28.2 Å². The fourth-order valence-corrected chi connectivity index (χ4v) is 3.44. The van der Waals surface area contributed by atoms with Crippen molar-refractivity contribution in [1.29, 1.82) is 0 Å². The smallest absolute Gasteiger partial charge is 0.337 e. The van der Waals surface area contributed by atoms with Gasteiger partial charge in [0.25, 0.3) is 5.91 Å². The molecule has 0 fully saturated rings. The molecule has 0 aliphatic rings. The standard InChI is InChI=1S/C15H22N2O6S/c1-4-17(5-2)24(22,23)12-8-6-7-11(9-12)13(18)16-10-15(3,21)14(19)20/h6-9,21H,4-5,10H2,1-3H3,(H,16,18)(H,19,20). The highest BCUT2D eigenvalue weighted by atomic mass is 32.2. The van der Waals surface area contributed by atoms with Crippen LogP contribution in [0.25, 0.3) is 0 Å². The van der Waals surface area contributed by atoms with Crippen LogP contribution in [0.1, 0.15) is 31.1 Å². The van der Waals surface area contributed by atoms with Gasteiger partial charge in [-0.15, -0.1) is 0 Å². The van der Waals surface area contributed by atoms with E-state index in [9.17, 15) is 23.1 Å². The number of hydrogen-bond acceptors (Lipinski definition) is 5. The molecule has 1 aromatic rings. The number of hydrogen-bond donors (Lipinski definition) is 3. The molecule has 0 saturated carbocycles. The van der Waals surface area contributed by atoms with Crippen LogP contribution in [0.15, 0.2) is 29.2 Å². The molecule has 0 aliphatic carbocycles. The van der Waals surface area contributed by atoms with Gasteiger partial charge in [0, 0.05) is 18.7 Å². The van der Waals surface area contributed by atoms with E-state index in [4.69, 9.17) is 5.11 Å². The average molecular weight is 358 g/mol. The monoisotopic (exact) mass is 358 g/mol. The van der Waals surface area contributed by atoms with Crippen LogP contribution in [-0.4, -0.2) is 60.0 Å². The zero-order valence-corrected chi connectivity index (χ0v) is 14.6. The molecule has 134 valence electrons. The number of aliphatic hydroxyl groups is 1. The predicted molar refractivity (Wildman–Crippen MR) is 87.1 cm³/mol. The molecule has 24 heavy (non-hydrogen) atoms. The Bertz CT molecular complexity index is 710. The minimum atomic E-state index is -3.70. The lowest BCUT2D eigenvalue weighted by Gasteiger charge is -2.19. The molecule has 1 rings (SSSR count). The summed E-state index contributed by atoms with van der Waals surface area (Å²) in [5.74, 6) is -2.14. The third kappa shape index (κ3) is 4.53. The third-order valence-corrected chi connectivity index (χ3v) is 5.54. The second kappa shape index (κ2) is 7.73. The number of carboxylic acids is 1. The van der Waals surface area contributed by atoms with Gasteiger partial charge in [-0.3, -0.25) is 4.79 Å². The van der Waals surface area contributed by atoms with Crippen LogP contribution in [0, 0.1) is 0 Å². The quantitative estimate of drug-likeness (QED) is 0.613. The first-order valence-corrected chi connectivity index (χ1v) is 8.84. The van der Waals surface area contributed by atoms with Gasteiger partial charge in [-0.05, 0) is 25.1 Å². The van der Waals surface area contributed by atoms with E-state index in [0.29, 0.717) is 13.1 Å². The summed E-state index contributed by atoms with van der Waals surface area (Å²) in [5, 5.41) is 20.7. The van der Waals surface area contributed by atoms with E-state index < -0.39 is 34.0 Å². The number of nitrogens with one attached hydrogen (secondary N) is 1. The molecule has 0 aliphatic heterocycles. The molecule has 3 N–H and O–H groups in total. The van der Waals surface area contributed by atoms with Crippen LogP contribution in [0.4, 0.5) is 0 Å². The van der Waals surface area contributed by atoms with Crippen LogP contribution < -0.4 is 5.32 Å². The molecular weight excluding hydrogens is 336 g/mol. The summed E-state index contributed by atoms with van der Waals surface area (Å²) in [6, 6.07) is 5.45. The lowest BCUT2D eigenvalue weighted by atomic mass is 10.1. The fraction of sp³-hybridized carbons (Fsp3) is 0.467. The first-order chi connectivity index (χ1) is 11.1. The topological polar surface area (TPSA) is 124 Å². The SMILES string of the molecule is CCN(CC)S(=O)(=O)c1cccc(C(=O)NCC(C)(O)C(=O)O)c1. The summed E-state index contributed by atoms with van der Waals surface area (Å²) in [5.41, 5.74) is -2.05. The van der Waals surface area contributed by atoms with Crippen LogP contribution in [0.5, 0.6) is 0 Å². The van der Waals surface area contributed by atoms with Gasteiger partial charge in [0.05, 0.1) is 11.4 Å². The number of rotatable bonds is 8. The van der Waals surface area contributed by atoms with E-state index in [1.807, 2.05) is 0 Å². The molecule has 8 nitrogen and oxygen atoms in total. The summed E-state index contributed by atoms with van der Waals surface area (Å²) in [6.45, 7) is 4.58. The van der Waals surface area contributed by atoms with Gasteiger partial charge in [-0.25, -0.2) is 13.2 Å². The van der Waals surface area contributed by atoms with Crippen molar-refractivity contribution in [2.45, 2.75) is 31.3 Å². The summed E-state index contributed by atoms with van der Waals surface area (Å²) in [7, 11) is -3.70. The normalized spacial score (nSPS) is 14.2. The largest absolute Gasteiger partial charge is 0.479 e. The number of benzene rings is 1. The zero-order valence-electron chi connectivity index (χ0n) is 13.8. The zero-order chi connectivity index (χ0) is 18.5. The van der Waals surface area contributed by atoms with Gasteiger partial charge in [0.2, 0.25) is 10.0 Å². The van der Waals surface area contributed by atoms with Crippen LogP contribution in [-0.2, 0) is 14.8 Å². The van der Waals surface area contributed by atoms with Gasteiger partial charge in [0.15, 0.2) is 5.60 Å². The van der Waals surface area contributed by atoms with Crippen molar-refractivity contribution in [3.63, 3.8) is 0 Å². The van der Waals surface area contributed by atoms with E-state index in [0.717, 1.165) is 6.92 Å². The van der Waals surface area contributed by atoms with E-state index in [2.05, 4.69) is 5.32 Å². The lowest BCUT2D eigenvalue weighted by Crippen LogP contribution is -2.46. The maximum absolute atomic E-state index is 12.5. The minimum absolute atomic E-state index is 0.0242. The number of carbonyl (C=O) groups is 2. The molecule has 9 heteroatoms. The summed E-state index contributed by atoms with van der Waals surface area (Å²) in [4.78, 5) is 22.9. The van der Waals surface area contributed by atoms with Crippen molar-refractivity contribution in [1.82, 2.24) is 9.62 Å². The Morgan fingerprint density at radius 1 is 1.25 bits per heavy atom. The molecule has 1 aromatic carbocycles. The van der Waals surface area contributed by atoms with Gasteiger partial charge < -0.3 is 15.5 Å². The van der Waals surface area contributed by atoms with E-state index in [1.165, 1.54) is 28.6 Å². The molecule has 1 unspecified atom stereocenters. The number of carboxylic acid groups (broad SMARTS) is 1. The second-order valence-electron chi connectivity index (χ2n) is 5.38. The average Bonchev–Trinajstić information content (AvgIpc) is 2.53. The number of amides is 1. The predicted octanol–water partition coefficient (Wildman–Crippen LogP) is 0.283. The maximum Gasteiger partial charge on any atom is 0.337 e. The van der Waals surface area contributed by atoms with Crippen molar-refractivity contribution in [2.24, 2.45) is 0 Å². The van der Waals surface area contributed by atoms with Gasteiger partial charge in [0.1, 0.15) is 0 Å². The molecule has 0 saturated heterocycles. The Hall–Kier alpha value is -1.97. The first kappa shape index (κ1) is 20.1. The van der Waals surface area contributed by atoms with Crippen molar-refractivity contribution in [3.8, 4) is 0 Å². The summed E-state index contributed by atoms with van der Waals surface area (Å²) < 4.78 is 26.2. The highest BCUT2D eigenvalue weighted by Crippen LogP contribution is 2.17. The van der Waals surface area contributed by atoms with Crippen LogP contribution in [0.2, 0.25) is 0 Å². The molecule has 0 bridgehead atoms. The molecule has 0 aromatic heterocycles. The van der Waals surface area contributed by atoms with Crippen molar-refractivity contribution in [2.75, 3.05) is 19.6 Å². The van der Waals surface area contributed by atoms with E-state index in [1.54, 1.807) is 13.8 Å². The molecular formula is C15H22N2O6S. The van der Waals surface area contributed by atoms with Gasteiger partial charge in [-0.1, -0.05) is 19.9 Å². The number of aliphatic carboxylic acids is 1. The minimum Gasteiger partial charge on any atom is -0.479 e. The number of nitrogens with zero attached hydrogens (tertiary/aromatic N) is 1. The Morgan fingerprint density at radius 3 is 2.33 bits per heavy atom. The first-order valence-electron chi connectivity index (χ1n) is 7.40. The Labute approximate surface area is 141 Å². The Balaban J connectivity index is 3.01. The highest BCUT2D eigenvalue weighted by molar-refractivity contribution is 7.89.